The predicted molar refractivity (Wildman–Crippen MR) is 67.1 cm³/mol. The summed E-state index contributed by atoms with van der Waals surface area (Å²) in [6.45, 7) is 10.8. The van der Waals surface area contributed by atoms with E-state index in [4.69, 9.17) is 10.5 Å². The first-order valence-electron chi connectivity index (χ1n) is 5.65. The number of rotatable bonds is 2. The molecule has 2 N–H and O–H groups in total. The standard InChI is InChI=1S/C12H20N2OS/c1-8-9(12(5-13)6-15-7-12)16-10(14-8)11(2,3)4/h5-7,13H2,1-4H3. The quantitative estimate of drug-likeness (QED) is 0.860. The van der Waals surface area contributed by atoms with Crippen molar-refractivity contribution in [1.29, 1.82) is 0 Å². The van der Waals surface area contributed by atoms with Gasteiger partial charge in [-0.25, -0.2) is 4.98 Å². The fourth-order valence-electron chi connectivity index (χ4n) is 1.90. The van der Waals surface area contributed by atoms with Crippen LogP contribution in [0.25, 0.3) is 0 Å². The van der Waals surface area contributed by atoms with Gasteiger partial charge in [0.2, 0.25) is 0 Å². The van der Waals surface area contributed by atoms with Crippen LogP contribution in [0.4, 0.5) is 0 Å². The number of hydrogen-bond acceptors (Lipinski definition) is 4. The van der Waals surface area contributed by atoms with Crippen molar-refractivity contribution >= 4 is 11.3 Å². The van der Waals surface area contributed by atoms with E-state index in [-0.39, 0.29) is 10.8 Å². The molecule has 4 heteroatoms. The van der Waals surface area contributed by atoms with E-state index in [1.165, 1.54) is 9.88 Å². The van der Waals surface area contributed by atoms with Crippen molar-refractivity contribution in [3.05, 3.63) is 15.6 Å². The highest BCUT2D eigenvalue weighted by Gasteiger charge is 2.42. The van der Waals surface area contributed by atoms with Gasteiger partial charge < -0.3 is 10.5 Å². The van der Waals surface area contributed by atoms with Crippen LogP contribution in [-0.2, 0) is 15.6 Å². The third kappa shape index (κ3) is 1.79. The van der Waals surface area contributed by atoms with Crippen LogP contribution in [0.2, 0.25) is 0 Å². The number of ether oxygens (including phenoxy) is 1. The number of nitrogens with zero attached hydrogens (tertiary/aromatic N) is 1. The number of nitrogens with two attached hydrogens (primary N) is 1. The van der Waals surface area contributed by atoms with Gasteiger partial charge in [-0.05, 0) is 6.92 Å². The number of thiazole rings is 1. The van der Waals surface area contributed by atoms with Crippen molar-refractivity contribution in [3.63, 3.8) is 0 Å². The molecule has 0 aliphatic carbocycles. The second-order valence-corrected chi connectivity index (χ2v) is 6.66. The molecule has 0 saturated carbocycles. The van der Waals surface area contributed by atoms with Crippen LogP contribution in [-0.4, -0.2) is 24.7 Å². The molecule has 0 atom stereocenters. The van der Waals surface area contributed by atoms with Crippen LogP contribution < -0.4 is 5.73 Å². The Morgan fingerprint density at radius 1 is 1.44 bits per heavy atom. The highest BCUT2D eigenvalue weighted by atomic mass is 32.1. The molecule has 0 aromatic carbocycles. The van der Waals surface area contributed by atoms with Crippen molar-refractivity contribution in [2.75, 3.05) is 19.8 Å². The molecule has 2 rings (SSSR count). The van der Waals surface area contributed by atoms with Gasteiger partial charge in [-0.1, -0.05) is 20.8 Å². The lowest BCUT2D eigenvalue weighted by molar-refractivity contribution is -0.0535. The number of aromatic nitrogens is 1. The molecule has 1 aromatic heterocycles. The summed E-state index contributed by atoms with van der Waals surface area (Å²) in [5.41, 5.74) is 7.18. The van der Waals surface area contributed by atoms with Crippen molar-refractivity contribution in [2.45, 2.75) is 38.5 Å². The molecular weight excluding hydrogens is 220 g/mol. The normalized spacial score (nSPS) is 19.6. The van der Waals surface area contributed by atoms with Crippen LogP contribution in [0.5, 0.6) is 0 Å². The highest BCUT2D eigenvalue weighted by Crippen LogP contribution is 2.40. The molecule has 0 bridgehead atoms. The predicted octanol–water partition coefficient (Wildman–Crippen LogP) is 1.98. The van der Waals surface area contributed by atoms with Gasteiger partial charge in [0.05, 0.1) is 29.3 Å². The first-order chi connectivity index (χ1) is 7.39. The van der Waals surface area contributed by atoms with Gasteiger partial charge in [0.15, 0.2) is 0 Å². The average molecular weight is 240 g/mol. The van der Waals surface area contributed by atoms with E-state index in [0.29, 0.717) is 6.54 Å². The molecular formula is C12H20N2OS. The summed E-state index contributed by atoms with van der Waals surface area (Å²) < 4.78 is 5.33. The zero-order chi connectivity index (χ0) is 12.0. The van der Waals surface area contributed by atoms with Gasteiger partial charge in [0.25, 0.3) is 0 Å². The zero-order valence-electron chi connectivity index (χ0n) is 10.5. The smallest absolute Gasteiger partial charge is 0.0984 e. The SMILES string of the molecule is Cc1nc(C(C)(C)C)sc1C1(CN)COC1. The summed E-state index contributed by atoms with van der Waals surface area (Å²) >= 11 is 1.80. The Bertz CT molecular complexity index is 383. The number of hydrogen-bond donors (Lipinski definition) is 1. The molecule has 2 heterocycles. The average Bonchev–Trinajstić information content (AvgIpc) is 2.47. The van der Waals surface area contributed by atoms with Crippen LogP contribution in [0.3, 0.4) is 0 Å². The van der Waals surface area contributed by atoms with Gasteiger partial charge in [-0.2, -0.15) is 0 Å². The van der Waals surface area contributed by atoms with Gasteiger partial charge in [-0.15, -0.1) is 11.3 Å². The lowest BCUT2D eigenvalue weighted by Gasteiger charge is -2.40. The Kier molecular flexibility index (Phi) is 2.85. The second-order valence-electron chi connectivity index (χ2n) is 5.66. The van der Waals surface area contributed by atoms with Crippen molar-refractivity contribution in [1.82, 2.24) is 4.98 Å². The summed E-state index contributed by atoms with van der Waals surface area (Å²) in [5, 5.41) is 1.19. The van der Waals surface area contributed by atoms with Gasteiger partial charge in [0.1, 0.15) is 0 Å². The minimum absolute atomic E-state index is 0.0469. The minimum atomic E-state index is 0.0469. The van der Waals surface area contributed by atoms with E-state index < -0.39 is 0 Å². The maximum absolute atomic E-state index is 5.89. The maximum Gasteiger partial charge on any atom is 0.0984 e. The van der Waals surface area contributed by atoms with Crippen molar-refractivity contribution in [3.8, 4) is 0 Å². The molecule has 1 saturated heterocycles. The molecule has 1 aliphatic rings. The molecule has 0 unspecified atom stereocenters. The summed E-state index contributed by atoms with van der Waals surface area (Å²) in [5.74, 6) is 0. The molecule has 0 spiro atoms. The van der Waals surface area contributed by atoms with Gasteiger partial charge >= 0.3 is 0 Å². The lowest BCUT2D eigenvalue weighted by Crippen LogP contribution is -2.52. The summed E-state index contributed by atoms with van der Waals surface area (Å²) in [4.78, 5) is 6.01. The first kappa shape index (κ1) is 12.0. The first-order valence-corrected chi connectivity index (χ1v) is 6.47. The van der Waals surface area contributed by atoms with Crippen LogP contribution >= 0.6 is 11.3 Å². The van der Waals surface area contributed by atoms with E-state index >= 15 is 0 Å². The summed E-state index contributed by atoms with van der Waals surface area (Å²) in [7, 11) is 0. The van der Waals surface area contributed by atoms with Crippen LogP contribution in [0, 0.1) is 6.92 Å². The molecule has 1 aliphatic heterocycles. The Morgan fingerprint density at radius 2 is 2.06 bits per heavy atom. The highest BCUT2D eigenvalue weighted by molar-refractivity contribution is 7.12. The zero-order valence-corrected chi connectivity index (χ0v) is 11.3. The Labute approximate surface area is 101 Å². The molecule has 1 aromatic rings. The van der Waals surface area contributed by atoms with E-state index in [1.54, 1.807) is 11.3 Å². The molecule has 0 amide bonds. The van der Waals surface area contributed by atoms with E-state index in [0.717, 1.165) is 18.9 Å². The largest absolute Gasteiger partial charge is 0.379 e. The summed E-state index contributed by atoms with van der Waals surface area (Å²) in [6.07, 6.45) is 0. The van der Waals surface area contributed by atoms with E-state index in [1.807, 2.05) is 0 Å². The third-order valence-electron chi connectivity index (χ3n) is 3.07. The summed E-state index contributed by atoms with van der Waals surface area (Å²) in [6, 6.07) is 0. The van der Waals surface area contributed by atoms with Gasteiger partial charge in [-0.3, -0.25) is 0 Å². The van der Waals surface area contributed by atoms with E-state index in [2.05, 4.69) is 32.7 Å². The molecule has 1 fully saturated rings. The molecule has 16 heavy (non-hydrogen) atoms. The number of aryl methyl sites for hydroxylation is 1. The van der Waals surface area contributed by atoms with Crippen molar-refractivity contribution in [2.24, 2.45) is 5.73 Å². The molecule has 90 valence electrons. The molecule has 3 nitrogen and oxygen atoms in total. The molecule has 0 radical (unpaired) electrons. The monoisotopic (exact) mass is 240 g/mol. The van der Waals surface area contributed by atoms with Crippen LogP contribution in [0.1, 0.15) is 36.3 Å². The fraction of sp³-hybridized carbons (Fsp3) is 0.750. The Hall–Kier alpha value is -0.450. The minimum Gasteiger partial charge on any atom is -0.379 e. The Balaban J connectivity index is 2.39. The Morgan fingerprint density at radius 3 is 2.38 bits per heavy atom. The maximum atomic E-state index is 5.89. The van der Waals surface area contributed by atoms with Crippen molar-refractivity contribution < 1.29 is 4.74 Å². The second kappa shape index (κ2) is 3.79. The fourth-order valence-corrected chi connectivity index (χ4v) is 3.19. The topological polar surface area (TPSA) is 48.1 Å². The lowest BCUT2D eigenvalue weighted by atomic mass is 9.83. The van der Waals surface area contributed by atoms with Gasteiger partial charge in [0, 0.05) is 16.8 Å². The third-order valence-corrected chi connectivity index (χ3v) is 4.90. The van der Waals surface area contributed by atoms with Crippen LogP contribution in [0.15, 0.2) is 0 Å². The van der Waals surface area contributed by atoms with E-state index in [9.17, 15) is 0 Å².